The number of Topliss-reactive ketones (excluding diaryl/α,β-unsaturated/α-hetero) is 1. The highest BCUT2D eigenvalue weighted by Gasteiger charge is 2.37. The van der Waals surface area contributed by atoms with Gasteiger partial charge in [-0.1, -0.05) is 42.3 Å². The van der Waals surface area contributed by atoms with Crippen LogP contribution in [0.25, 0.3) is 33.6 Å². The largest absolute Gasteiger partial charge is 0.506 e. The smallest absolute Gasteiger partial charge is 0.202 e. The lowest BCUT2D eigenvalue weighted by Crippen LogP contribution is -2.02. The molecule has 1 aliphatic carbocycles. The van der Waals surface area contributed by atoms with Gasteiger partial charge in [0.1, 0.15) is 21.3 Å². The van der Waals surface area contributed by atoms with Crippen LogP contribution in [0.1, 0.15) is 34.0 Å². The Kier molecular flexibility index (Phi) is 3.66. The summed E-state index contributed by atoms with van der Waals surface area (Å²) in [5.74, 6) is -0.233. The van der Waals surface area contributed by atoms with Crippen molar-refractivity contribution in [3.05, 3.63) is 67.3 Å². The van der Waals surface area contributed by atoms with Gasteiger partial charge in [-0.3, -0.25) is 4.79 Å². The molecule has 2 bridgehead atoms. The number of allylic oxidation sites excluding steroid dienone is 1. The molecule has 0 saturated carbocycles. The molecule has 0 unspecified atom stereocenters. The second-order valence-electron chi connectivity index (χ2n) is 6.43. The van der Waals surface area contributed by atoms with Gasteiger partial charge in [0.2, 0.25) is 5.78 Å². The molecule has 0 fully saturated rings. The molecule has 1 N–H and O–H groups in total. The topological polar surface area (TPSA) is 50.4 Å². The predicted octanol–water partition coefficient (Wildman–Crippen LogP) is 7.09. The highest BCUT2D eigenvalue weighted by Crippen LogP contribution is 2.46. The first-order valence-electron chi connectivity index (χ1n) is 8.41. The van der Waals surface area contributed by atoms with Crippen LogP contribution in [0.3, 0.4) is 0 Å². The number of aliphatic hydroxyl groups excluding tert-OH is 1. The van der Waals surface area contributed by atoms with E-state index in [1.165, 1.54) is 11.3 Å². The van der Waals surface area contributed by atoms with E-state index < -0.39 is 0 Å². The average molecular weight is 415 g/mol. The fourth-order valence-electron chi connectivity index (χ4n) is 3.74. The minimum Gasteiger partial charge on any atom is -0.506 e. The zero-order valence-electron chi connectivity index (χ0n) is 14.1. The van der Waals surface area contributed by atoms with Crippen LogP contribution in [0, 0.1) is 0 Å². The molecule has 0 aliphatic heterocycles. The molecule has 0 amide bonds. The van der Waals surface area contributed by atoms with Crippen LogP contribution < -0.4 is 0 Å². The Bertz CT molecular complexity index is 1260. The zero-order valence-corrected chi connectivity index (χ0v) is 16.4. The van der Waals surface area contributed by atoms with Crippen molar-refractivity contribution >= 4 is 62.8 Å². The first kappa shape index (κ1) is 16.9. The van der Waals surface area contributed by atoms with Gasteiger partial charge in [-0.15, -0.1) is 11.3 Å². The molecule has 3 nitrogen and oxygen atoms in total. The van der Waals surface area contributed by atoms with Crippen LogP contribution in [-0.2, 0) is 6.42 Å². The Morgan fingerprint density at radius 3 is 2.41 bits per heavy atom. The molecule has 3 heterocycles. The molecule has 1 aliphatic rings. The van der Waals surface area contributed by atoms with Crippen LogP contribution in [0.15, 0.2) is 40.8 Å². The number of fused-ring (bicyclic) bond motifs is 5. The van der Waals surface area contributed by atoms with Gasteiger partial charge in [-0.2, -0.15) is 0 Å². The maximum atomic E-state index is 13.1. The zero-order chi connectivity index (χ0) is 18.9. The molecule has 5 rings (SSSR count). The fraction of sp³-hybridized carbons (Fsp3) is 0.0952. The number of benzene rings is 2. The molecule has 4 aromatic rings. The molecule has 0 saturated heterocycles. The minimum atomic E-state index is -0.210. The fourth-order valence-corrected chi connectivity index (χ4v) is 5.25. The highest BCUT2D eigenvalue weighted by atomic mass is 35.5. The summed E-state index contributed by atoms with van der Waals surface area (Å²) in [7, 11) is 0. The molecular weight excluding hydrogens is 403 g/mol. The number of rotatable bonds is 3. The van der Waals surface area contributed by atoms with Crippen LogP contribution in [0.2, 0.25) is 8.67 Å². The standard InChI is InChI=1S/C21H12Cl2O3S/c1-2-9-3-4-10(12-8-15(22)27-21(12)23)7-11(9)16-19(24)17-13-5-6-14(26-13)18(17)20(16)25/h3-8,24H,2H2,1H3. The Hall–Kier alpha value is -2.27. The summed E-state index contributed by atoms with van der Waals surface area (Å²) in [6.07, 6.45) is 0.727. The molecule has 0 radical (unpaired) electrons. The normalized spacial score (nSPS) is 14.0. The van der Waals surface area contributed by atoms with E-state index in [1.807, 2.05) is 31.2 Å². The van der Waals surface area contributed by atoms with Crippen molar-refractivity contribution in [2.75, 3.05) is 0 Å². The van der Waals surface area contributed by atoms with E-state index in [-0.39, 0.29) is 11.5 Å². The molecule has 0 atom stereocenters. The summed E-state index contributed by atoms with van der Waals surface area (Å²) in [5.41, 5.74) is 5.66. The Labute approximate surface area is 168 Å². The SMILES string of the molecule is CCc1ccc(-c2cc(Cl)sc2Cl)cc1C1=C(O)c2c(c3ccc2o3)C1=O. The van der Waals surface area contributed by atoms with Crippen LogP contribution in [0.4, 0.5) is 0 Å². The van der Waals surface area contributed by atoms with E-state index in [4.69, 9.17) is 27.6 Å². The third-order valence-electron chi connectivity index (χ3n) is 5.00. The predicted molar refractivity (Wildman–Crippen MR) is 110 cm³/mol. The van der Waals surface area contributed by atoms with Gasteiger partial charge in [0, 0.05) is 5.56 Å². The number of carbonyl (C=O) groups excluding carboxylic acids is 1. The highest BCUT2D eigenvalue weighted by molar-refractivity contribution is 7.20. The molecule has 3 aromatic heterocycles. The minimum absolute atomic E-state index is 0.0225. The van der Waals surface area contributed by atoms with Crippen molar-refractivity contribution in [2.24, 2.45) is 0 Å². The number of hydrogen-bond acceptors (Lipinski definition) is 4. The Morgan fingerprint density at radius 2 is 1.78 bits per heavy atom. The first-order chi connectivity index (χ1) is 13.0. The number of furan rings is 2. The monoisotopic (exact) mass is 414 g/mol. The summed E-state index contributed by atoms with van der Waals surface area (Å²) >= 11 is 13.7. The third kappa shape index (κ3) is 2.30. The second-order valence-corrected chi connectivity index (χ2v) is 8.72. The van der Waals surface area contributed by atoms with Gasteiger partial charge in [-0.05, 0) is 47.4 Å². The van der Waals surface area contributed by atoms with Crippen molar-refractivity contribution in [1.29, 1.82) is 0 Å². The van der Waals surface area contributed by atoms with E-state index in [0.717, 1.165) is 23.1 Å². The van der Waals surface area contributed by atoms with Gasteiger partial charge in [-0.25, -0.2) is 0 Å². The lowest BCUT2D eigenvalue weighted by atomic mass is 9.92. The van der Waals surface area contributed by atoms with E-state index >= 15 is 0 Å². The van der Waals surface area contributed by atoms with E-state index in [0.29, 0.717) is 42.1 Å². The maximum Gasteiger partial charge on any atom is 0.202 e. The summed E-state index contributed by atoms with van der Waals surface area (Å²) in [6, 6.07) is 11.2. The number of carbonyl (C=O) groups is 1. The van der Waals surface area contributed by atoms with Gasteiger partial charge in [0.15, 0.2) is 0 Å². The molecular formula is C21H12Cl2O3S. The lowest BCUT2D eigenvalue weighted by molar-refractivity contribution is 0.106. The maximum absolute atomic E-state index is 13.1. The number of hydrogen-bond donors (Lipinski definition) is 1. The number of aryl methyl sites for hydroxylation is 1. The quantitative estimate of drug-likeness (QED) is 0.389. The van der Waals surface area contributed by atoms with E-state index in [1.54, 1.807) is 12.1 Å². The molecule has 0 spiro atoms. The van der Waals surface area contributed by atoms with Gasteiger partial charge < -0.3 is 9.52 Å². The van der Waals surface area contributed by atoms with E-state index in [9.17, 15) is 9.90 Å². The van der Waals surface area contributed by atoms with Crippen molar-refractivity contribution in [3.63, 3.8) is 0 Å². The number of ketones is 1. The van der Waals surface area contributed by atoms with Crippen molar-refractivity contribution in [3.8, 4) is 11.1 Å². The van der Waals surface area contributed by atoms with Crippen LogP contribution in [0.5, 0.6) is 0 Å². The van der Waals surface area contributed by atoms with Gasteiger partial charge in [0.05, 0.1) is 21.0 Å². The summed E-state index contributed by atoms with van der Waals surface area (Å²) in [6.45, 7) is 2.02. The van der Waals surface area contributed by atoms with Crippen LogP contribution in [-0.4, -0.2) is 10.9 Å². The number of halogens is 2. The lowest BCUT2D eigenvalue weighted by Gasteiger charge is -2.12. The molecule has 6 heteroatoms. The first-order valence-corrected chi connectivity index (χ1v) is 9.98. The van der Waals surface area contributed by atoms with Crippen molar-refractivity contribution < 1.29 is 14.3 Å². The Balaban J connectivity index is 1.73. The van der Waals surface area contributed by atoms with Crippen molar-refractivity contribution in [1.82, 2.24) is 0 Å². The van der Waals surface area contributed by atoms with E-state index in [2.05, 4.69) is 0 Å². The second kappa shape index (κ2) is 5.86. The molecule has 134 valence electrons. The number of aliphatic hydroxyl groups is 1. The Morgan fingerprint density at radius 1 is 1.04 bits per heavy atom. The molecule has 1 aromatic carbocycles. The summed E-state index contributed by atoms with van der Waals surface area (Å²) < 4.78 is 6.73. The average Bonchev–Trinajstić information content (AvgIpc) is 3.39. The summed E-state index contributed by atoms with van der Waals surface area (Å²) in [5, 5.41) is 10.9. The molecule has 27 heavy (non-hydrogen) atoms. The van der Waals surface area contributed by atoms with Gasteiger partial charge in [0.25, 0.3) is 0 Å². The number of thiophene rings is 1. The van der Waals surface area contributed by atoms with Gasteiger partial charge >= 0.3 is 0 Å². The van der Waals surface area contributed by atoms with Crippen LogP contribution >= 0.6 is 34.5 Å². The van der Waals surface area contributed by atoms with Crippen molar-refractivity contribution in [2.45, 2.75) is 13.3 Å². The third-order valence-corrected chi connectivity index (χ3v) is 6.49. The summed E-state index contributed by atoms with van der Waals surface area (Å²) in [4.78, 5) is 13.1.